The number of thiophene rings is 1. The molecule has 0 aliphatic carbocycles. The Morgan fingerprint density at radius 2 is 1.97 bits per heavy atom. The highest BCUT2D eigenvalue weighted by Gasteiger charge is 2.22. The summed E-state index contributed by atoms with van der Waals surface area (Å²) in [6.45, 7) is 3.74. The molecule has 1 atom stereocenters. The zero-order valence-corrected chi connectivity index (χ0v) is 18.6. The molecule has 0 aliphatic rings. The highest BCUT2D eigenvalue weighted by molar-refractivity contribution is 7.18. The smallest absolute Gasteiger partial charge is 0.262 e. The summed E-state index contributed by atoms with van der Waals surface area (Å²) in [4.78, 5) is 36.4. The van der Waals surface area contributed by atoms with Crippen molar-refractivity contribution >= 4 is 27.5 Å². The maximum Gasteiger partial charge on any atom is 0.262 e. The maximum atomic E-state index is 12.9. The summed E-state index contributed by atoms with van der Waals surface area (Å²) in [5.41, 5.74) is 1.56. The molecule has 1 amide bonds. The number of amides is 1. The number of hydrogen-bond acceptors (Lipinski definition) is 6. The SMILES string of the molecule is COc1ccc([C@@H](NC(=O)Cn2cnc3sc(C)c(C)c3c2=O)c2nccn2C)cc1. The van der Waals surface area contributed by atoms with Crippen molar-refractivity contribution in [3.8, 4) is 5.75 Å². The van der Waals surface area contributed by atoms with Crippen LogP contribution in [0.4, 0.5) is 0 Å². The molecule has 0 saturated carbocycles. The van der Waals surface area contributed by atoms with Crippen molar-refractivity contribution in [3.05, 3.63) is 75.2 Å². The maximum absolute atomic E-state index is 12.9. The Hall–Kier alpha value is -3.46. The van der Waals surface area contributed by atoms with Crippen LogP contribution in [-0.2, 0) is 18.4 Å². The van der Waals surface area contributed by atoms with Crippen LogP contribution in [0.25, 0.3) is 10.2 Å². The third-order valence-electron chi connectivity index (χ3n) is 5.34. The van der Waals surface area contributed by atoms with Crippen molar-refractivity contribution in [3.63, 3.8) is 0 Å². The summed E-state index contributed by atoms with van der Waals surface area (Å²) < 4.78 is 8.43. The number of ether oxygens (including phenoxy) is 1. The summed E-state index contributed by atoms with van der Waals surface area (Å²) in [6, 6.07) is 6.96. The van der Waals surface area contributed by atoms with Gasteiger partial charge in [0.05, 0.1) is 18.8 Å². The molecule has 4 aromatic rings. The molecule has 4 rings (SSSR count). The van der Waals surface area contributed by atoms with Crippen molar-refractivity contribution in [1.82, 2.24) is 24.4 Å². The van der Waals surface area contributed by atoms with Gasteiger partial charge < -0.3 is 14.6 Å². The molecule has 9 heteroatoms. The van der Waals surface area contributed by atoms with Gasteiger partial charge in [-0.25, -0.2) is 9.97 Å². The molecule has 1 aromatic carbocycles. The van der Waals surface area contributed by atoms with E-state index in [0.29, 0.717) is 16.0 Å². The van der Waals surface area contributed by atoms with Crippen molar-refractivity contribution in [2.45, 2.75) is 26.4 Å². The van der Waals surface area contributed by atoms with Gasteiger partial charge in [-0.05, 0) is 37.1 Å². The number of carbonyl (C=O) groups excluding carboxylic acids is 1. The topological polar surface area (TPSA) is 91.0 Å². The molecule has 0 fully saturated rings. The fraction of sp³-hybridized carbons (Fsp3) is 0.273. The zero-order valence-electron chi connectivity index (χ0n) is 17.7. The average molecular weight is 438 g/mol. The fourth-order valence-electron chi connectivity index (χ4n) is 3.49. The molecule has 31 heavy (non-hydrogen) atoms. The Kier molecular flexibility index (Phi) is 5.60. The van der Waals surface area contributed by atoms with E-state index in [1.165, 1.54) is 22.2 Å². The Morgan fingerprint density at radius 1 is 1.23 bits per heavy atom. The highest BCUT2D eigenvalue weighted by atomic mass is 32.1. The van der Waals surface area contributed by atoms with E-state index in [0.717, 1.165) is 21.8 Å². The number of aromatic nitrogens is 4. The van der Waals surface area contributed by atoms with Gasteiger partial charge in [-0.15, -0.1) is 11.3 Å². The zero-order chi connectivity index (χ0) is 22.1. The third-order valence-corrected chi connectivity index (χ3v) is 6.46. The van der Waals surface area contributed by atoms with Crippen LogP contribution in [0.3, 0.4) is 0 Å². The first-order chi connectivity index (χ1) is 14.9. The van der Waals surface area contributed by atoms with Crippen LogP contribution in [0.15, 0.2) is 47.8 Å². The molecular weight excluding hydrogens is 414 g/mol. The number of hydrogen-bond donors (Lipinski definition) is 1. The van der Waals surface area contributed by atoms with Gasteiger partial charge in [0.2, 0.25) is 5.91 Å². The lowest BCUT2D eigenvalue weighted by molar-refractivity contribution is -0.122. The Labute approximate surface area is 183 Å². The number of fused-ring (bicyclic) bond motifs is 1. The summed E-state index contributed by atoms with van der Waals surface area (Å²) in [5, 5.41) is 3.59. The van der Waals surface area contributed by atoms with Crippen LogP contribution in [0, 0.1) is 13.8 Å². The molecule has 0 unspecified atom stereocenters. The number of nitrogens with zero attached hydrogens (tertiary/aromatic N) is 4. The van der Waals surface area contributed by atoms with Gasteiger partial charge in [0.1, 0.15) is 29.0 Å². The molecular formula is C22H23N5O3S. The molecule has 8 nitrogen and oxygen atoms in total. The van der Waals surface area contributed by atoms with Gasteiger partial charge in [0.25, 0.3) is 5.56 Å². The third kappa shape index (κ3) is 3.96. The molecule has 0 saturated heterocycles. The standard InChI is InChI=1S/C22H23N5O3S/c1-13-14(2)31-21-18(13)22(29)27(12-24-21)11-17(28)25-19(20-23-9-10-26(20)3)15-5-7-16(30-4)8-6-15/h5-10,12,19H,11H2,1-4H3,(H,25,28)/t19-/m1/s1. The van der Waals surface area contributed by atoms with E-state index in [2.05, 4.69) is 15.3 Å². The van der Waals surface area contributed by atoms with E-state index in [9.17, 15) is 9.59 Å². The van der Waals surface area contributed by atoms with Gasteiger partial charge in [-0.2, -0.15) is 0 Å². The molecule has 0 aliphatic heterocycles. The number of aryl methyl sites for hydroxylation is 3. The molecule has 3 heterocycles. The van der Waals surface area contributed by atoms with E-state index >= 15 is 0 Å². The number of benzene rings is 1. The first-order valence-electron chi connectivity index (χ1n) is 9.74. The Bertz CT molecular complexity index is 1300. The van der Waals surface area contributed by atoms with E-state index in [-0.39, 0.29) is 18.0 Å². The summed E-state index contributed by atoms with van der Waals surface area (Å²) >= 11 is 1.49. The second kappa shape index (κ2) is 8.35. The van der Waals surface area contributed by atoms with Gasteiger partial charge in [-0.3, -0.25) is 14.2 Å². The lowest BCUT2D eigenvalue weighted by Gasteiger charge is -2.20. The molecule has 0 radical (unpaired) electrons. The van der Waals surface area contributed by atoms with Crippen LogP contribution in [0.1, 0.15) is 27.9 Å². The van der Waals surface area contributed by atoms with Crippen molar-refractivity contribution in [2.75, 3.05) is 7.11 Å². The lowest BCUT2D eigenvalue weighted by Crippen LogP contribution is -2.36. The predicted octanol–water partition coefficient (Wildman–Crippen LogP) is 2.72. The first-order valence-corrected chi connectivity index (χ1v) is 10.6. The van der Waals surface area contributed by atoms with Crippen LogP contribution in [-0.4, -0.2) is 32.1 Å². The molecule has 0 bridgehead atoms. The lowest BCUT2D eigenvalue weighted by atomic mass is 10.1. The molecule has 160 valence electrons. The van der Waals surface area contributed by atoms with E-state index in [4.69, 9.17) is 4.74 Å². The second-order valence-electron chi connectivity index (χ2n) is 7.31. The van der Waals surface area contributed by atoms with Gasteiger partial charge >= 0.3 is 0 Å². The number of nitrogens with one attached hydrogen (secondary N) is 1. The Morgan fingerprint density at radius 3 is 2.61 bits per heavy atom. The van der Waals surface area contributed by atoms with E-state index in [1.807, 2.05) is 55.9 Å². The van der Waals surface area contributed by atoms with Crippen molar-refractivity contribution in [2.24, 2.45) is 7.05 Å². The fourth-order valence-corrected chi connectivity index (χ4v) is 4.48. The summed E-state index contributed by atoms with van der Waals surface area (Å²) in [6.07, 6.45) is 4.94. The van der Waals surface area contributed by atoms with Crippen LogP contribution < -0.4 is 15.6 Å². The average Bonchev–Trinajstić information content (AvgIpc) is 3.31. The number of rotatable bonds is 6. The quantitative estimate of drug-likeness (QED) is 0.501. The molecule has 0 spiro atoms. The van der Waals surface area contributed by atoms with Gasteiger partial charge in [-0.1, -0.05) is 12.1 Å². The largest absolute Gasteiger partial charge is 0.497 e. The van der Waals surface area contributed by atoms with Crippen molar-refractivity contribution < 1.29 is 9.53 Å². The highest BCUT2D eigenvalue weighted by Crippen LogP contribution is 2.26. The first kappa shape index (κ1) is 20.8. The van der Waals surface area contributed by atoms with Gasteiger partial charge in [0, 0.05) is 24.3 Å². The Balaban J connectivity index is 1.63. The van der Waals surface area contributed by atoms with Crippen LogP contribution >= 0.6 is 11.3 Å². The monoisotopic (exact) mass is 437 g/mol. The number of imidazole rings is 1. The minimum absolute atomic E-state index is 0.132. The van der Waals surface area contributed by atoms with E-state index < -0.39 is 6.04 Å². The normalized spacial score (nSPS) is 12.1. The van der Waals surface area contributed by atoms with Crippen LogP contribution in [0.5, 0.6) is 5.75 Å². The number of methoxy groups -OCH3 is 1. The van der Waals surface area contributed by atoms with E-state index in [1.54, 1.807) is 13.3 Å². The molecule has 1 N–H and O–H groups in total. The summed E-state index contributed by atoms with van der Waals surface area (Å²) in [7, 11) is 3.47. The molecule has 3 aromatic heterocycles. The van der Waals surface area contributed by atoms with Crippen LogP contribution in [0.2, 0.25) is 0 Å². The predicted molar refractivity (Wildman–Crippen MR) is 120 cm³/mol. The number of carbonyl (C=O) groups is 1. The minimum Gasteiger partial charge on any atom is -0.497 e. The van der Waals surface area contributed by atoms with Gasteiger partial charge in [0.15, 0.2) is 0 Å². The van der Waals surface area contributed by atoms with Crippen molar-refractivity contribution in [1.29, 1.82) is 0 Å². The summed E-state index contributed by atoms with van der Waals surface area (Å²) in [5.74, 6) is 1.10. The minimum atomic E-state index is -0.476. The second-order valence-corrected chi connectivity index (χ2v) is 8.51.